The van der Waals surface area contributed by atoms with Gasteiger partial charge in [0.1, 0.15) is 5.75 Å². The number of fused-ring (bicyclic) bond motifs is 1. The highest BCUT2D eigenvalue weighted by molar-refractivity contribution is 5.87. The predicted octanol–water partition coefficient (Wildman–Crippen LogP) is 4.34. The van der Waals surface area contributed by atoms with E-state index in [2.05, 4.69) is 49.2 Å². The first-order valence-corrected chi connectivity index (χ1v) is 7.68. The molecular weight excluding hydrogens is 258 g/mol. The molecule has 2 nitrogen and oxygen atoms in total. The zero-order chi connectivity index (χ0) is 15.1. The Morgan fingerprint density at radius 1 is 1.29 bits per heavy atom. The quantitative estimate of drug-likeness (QED) is 0.728. The Morgan fingerprint density at radius 2 is 2.14 bits per heavy atom. The van der Waals surface area contributed by atoms with Crippen molar-refractivity contribution in [1.82, 2.24) is 5.32 Å². The van der Waals surface area contributed by atoms with Crippen LogP contribution in [-0.4, -0.2) is 19.7 Å². The third-order valence-electron chi connectivity index (χ3n) is 3.78. The molecule has 1 N–H and O–H groups in total. The van der Waals surface area contributed by atoms with Crippen LogP contribution in [0.15, 0.2) is 49.1 Å². The van der Waals surface area contributed by atoms with E-state index in [1.807, 2.05) is 12.1 Å². The molecule has 0 aromatic heterocycles. The molecule has 0 radical (unpaired) electrons. The Morgan fingerprint density at radius 3 is 2.86 bits per heavy atom. The zero-order valence-corrected chi connectivity index (χ0v) is 13.1. The highest BCUT2D eigenvalue weighted by Crippen LogP contribution is 2.25. The number of nitrogens with one attached hydrogen (secondary N) is 1. The average molecular weight is 283 g/mol. The molecular formula is C19H25NO. The van der Waals surface area contributed by atoms with Gasteiger partial charge in [-0.3, -0.25) is 0 Å². The van der Waals surface area contributed by atoms with E-state index in [0.717, 1.165) is 31.6 Å². The second-order valence-corrected chi connectivity index (χ2v) is 5.38. The molecule has 21 heavy (non-hydrogen) atoms. The topological polar surface area (TPSA) is 21.3 Å². The number of hydrogen-bond donors (Lipinski definition) is 1. The van der Waals surface area contributed by atoms with E-state index in [4.69, 9.17) is 4.74 Å². The molecule has 2 heteroatoms. The lowest BCUT2D eigenvalue weighted by atomic mass is 9.97. The van der Waals surface area contributed by atoms with E-state index in [9.17, 15) is 0 Å². The molecule has 1 unspecified atom stereocenters. The first-order chi connectivity index (χ1) is 10.3. The molecule has 0 saturated heterocycles. The average Bonchev–Trinajstić information content (AvgIpc) is 2.52. The minimum atomic E-state index is 0.444. The van der Waals surface area contributed by atoms with Crippen molar-refractivity contribution in [2.75, 3.05) is 13.7 Å². The molecule has 0 saturated carbocycles. The summed E-state index contributed by atoms with van der Waals surface area (Å²) < 4.78 is 5.36. The Hall–Kier alpha value is -1.80. The molecule has 2 aromatic rings. The van der Waals surface area contributed by atoms with Gasteiger partial charge in [-0.05, 0) is 54.3 Å². The minimum absolute atomic E-state index is 0.444. The van der Waals surface area contributed by atoms with Crippen LogP contribution in [0.1, 0.15) is 25.3 Å². The molecule has 0 aliphatic rings. The van der Waals surface area contributed by atoms with Gasteiger partial charge in [0.05, 0.1) is 7.11 Å². The van der Waals surface area contributed by atoms with Crippen molar-refractivity contribution in [1.29, 1.82) is 0 Å². The monoisotopic (exact) mass is 283 g/mol. The highest BCUT2D eigenvalue weighted by atomic mass is 16.5. The standard InChI is InChI=1S/C19H25NO/c1-4-7-17(20-12-5-2)13-16-9-6-8-15-10-11-18(21-3)14-19(15)16/h4,6,8-11,14,17,20H,1,5,7,12-13H2,2-3H3. The second-order valence-electron chi connectivity index (χ2n) is 5.38. The van der Waals surface area contributed by atoms with Crippen molar-refractivity contribution in [3.63, 3.8) is 0 Å². The lowest BCUT2D eigenvalue weighted by Gasteiger charge is -2.18. The lowest BCUT2D eigenvalue weighted by molar-refractivity contribution is 0.415. The Bertz CT molecular complexity index is 591. The van der Waals surface area contributed by atoms with E-state index in [1.54, 1.807) is 7.11 Å². The maximum atomic E-state index is 5.36. The summed E-state index contributed by atoms with van der Waals surface area (Å²) in [5.41, 5.74) is 1.36. The predicted molar refractivity (Wildman–Crippen MR) is 91.1 cm³/mol. The number of methoxy groups -OCH3 is 1. The van der Waals surface area contributed by atoms with Gasteiger partial charge in [-0.15, -0.1) is 6.58 Å². The number of rotatable bonds is 8. The SMILES string of the molecule is C=CCC(Cc1cccc2ccc(OC)cc12)NCCC. The number of ether oxygens (including phenoxy) is 1. The van der Waals surface area contributed by atoms with Crippen LogP contribution in [0.5, 0.6) is 5.75 Å². The summed E-state index contributed by atoms with van der Waals surface area (Å²) in [6, 6.07) is 13.2. The Kier molecular flexibility index (Phi) is 5.82. The van der Waals surface area contributed by atoms with E-state index in [0.29, 0.717) is 6.04 Å². The molecule has 2 rings (SSSR count). The van der Waals surface area contributed by atoms with E-state index < -0.39 is 0 Å². The summed E-state index contributed by atoms with van der Waals surface area (Å²) in [7, 11) is 1.72. The number of benzene rings is 2. The third kappa shape index (κ3) is 4.08. The summed E-state index contributed by atoms with van der Waals surface area (Å²) >= 11 is 0. The maximum Gasteiger partial charge on any atom is 0.119 e. The van der Waals surface area contributed by atoms with Gasteiger partial charge >= 0.3 is 0 Å². The van der Waals surface area contributed by atoms with Crippen molar-refractivity contribution in [3.05, 3.63) is 54.6 Å². The normalized spacial score (nSPS) is 12.3. The van der Waals surface area contributed by atoms with Crippen LogP contribution >= 0.6 is 0 Å². The molecule has 0 bridgehead atoms. The summed E-state index contributed by atoms with van der Waals surface area (Å²) in [6.45, 7) is 7.12. The lowest BCUT2D eigenvalue weighted by Crippen LogP contribution is -2.31. The molecule has 0 fully saturated rings. The minimum Gasteiger partial charge on any atom is -0.497 e. The molecule has 2 aromatic carbocycles. The summed E-state index contributed by atoms with van der Waals surface area (Å²) in [5, 5.41) is 6.16. The second kappa shape index (κ2) is 7.84. The van der Waals surface area contributed by atoms with Crippen LogP contribution < -0.4 is 10.1 Å². The fourth-order valence-corrected chi connectivity index (χ4v) is 2.68. The molecule has 112 valence electrons. The van der Waals surface area contributed by atoms with Crippen LogP contribution in [0.25, 0.3) is 10.8 Å². The maximum absolute atomic E-state index is 5.36. The van der Waals surface area contributed by atoms with Gasteiger partial charge in [-0.1, -0.05) is 37.3 Å². The third-order valence-corrected chi connectivity index (χ3v) is 3.78. The fourth-order valence-electron chi connectivity index (χ4n) is 2.68. The van der Waals surface area contributed by atoms with Gasteiger partial charge in [0, 0.05) is 6.04 Å². The van der Waals surface area contributed by atoms with E-state index in [-0.39, 0.29) is 0 Å². The summed E-state index contributed by atoms with van der Waals surface area (Å²) in [4.78, 5) is 0. The largest absolute Gasteiger partial charge is 0.497 e. The first-order valence-electron chi connectivity index (χ1n) is 7.68. The van der Waals surface area contributed by atoms with Crippen molar-refractivity contribution in [2.24, 2.45) is 0 Å². The van der Waals surface area contributed by atoms with Gasteiger partial charge in [-0.2, -0.15) is 0 Å². The van der Waals surface area contributed by atoms with Crippen LogP contribution in [0, 0.1) is 0 Å². The van der Waals surface area contributed by atoms with Gasteiger partial charge in [-0.25, -0.2) is 0 Å². The van der Waals surface area contributed by atoms with Crippen LogP contribution in [0.3, 0.4) is 0 Å². The van der Waals surface area contributed by atoms with Gasteiger partial charge < -0.3 is 10.1 Å². The molecule has 0 amide bonds. The molecule has 0 aliphatic heterocycles. The Labute approximate surface area is 127 Å². The van der Waals surface area contributed by atoms with Crippen LogP contribution in [0.2, 0.25) is 0 Å². The number of hydrogen-bond acceptors (Lipinski definition) is 2. The summed E-state index contributed by atoms with van der Waals surface area (Å²) in [6.07, 6.45) is 5.15. The van der Waals surface area contributed by atoms with Gasteiger partial charge in [0.15, 0.2) is 0 Å². The van der Waals surface area contributed by atoms with Crippen molar-refractivity contribution >= 4 is 10.8 Å². The Balaban J connectivity index is 2.28. The zero-order valence-electron chi connectivity index (χ0n) is 13.1. The molecule has 0 aliphatic carbocycles. The first kappa shape index (κ1) is 15.6. The fraction of sp³-hybridized carbons (Fsp3) is 0.368. The smallest absolute Gasteiger partial charge is 0.119 e. The van der Waals surface area contributed by atoms with Gasteiger partial charge in [0.25, 0.3) is 0 Å². The molecule has 0 heterocycles. The molecule has 1 atom stereocenters. The van der Waals surface area contributed by atoms with E-state index in [1.165, 1.54) is 16.3 Å². The van der Waals surface area contributed by atoms with Crippen LogP contribution in [0.4, 0.5) is 0 Å². The van der Waals surface area contributed by atoms with Gasteiger partial charge in [0.2, 0.25) is 0 Å². The van der Waals surface area contributed by atoms with E-state index >= 15 is 0 Å². The molecule has 0 spiro atoms. The summed E-state index contributed by atoms with van der Waals surface area (Å²) in [5.74, 6) is 0.914. The van der Waals surface area contributed by atoms with Crippen molar-refractivity contribution < 1.29 is 4.74 Å². The van der Waals surface area contributed by atoms with Crippen LogP contribution in [-0.2, 0) is 6.42 Å². The van der Waals surface area contributed by atoms with Crippen molar-refractivity contribution in [2.45, 2.75) is 32.2 Å². The van der Waals surface area contributed by atoms with Crippen molar-refractivity contribution in [3.8, 4) is 5.75 Å². The highest BCUT2D eigenvalue weighted by Gasteiger charge is 2.10.